The van der Waals surface area contributed by atoms with E-state index in [2.05, 4.69) is 48.8 Å². The zero-order valence-electron chi connectivity index (χ0n) is 12.4. The molecule has 108 valence electrons. The summed E-state index contributed by atoms with van der Waals surface area (Å²) in [5, 5.41) is 5.93. The van der Waals surface area contributed by atoms with Crippen molar-refractivity contribution in [2.24, 2.45) is 0 Å². The minimum absolute atomic E-state index is 0.382. The fourth-order valence-electron chi connectivity index (χ4n) is 2.42. The van der Waals surface area contributed by atoms with Gasteiger partial charge in [0, 0.05) is 17.0 Å². The predicted molar refractivity (Wildman–Crippen MR) is 86.5 cm³/mol. The third-order valence-corrected chi connectivity index (χ3v) is 4.61. The van der Waals surface area contributed by atoms with Crippen LogP contribution in [0.2, 0.25) is 0 Å². The summed E-state index contributed by atoms with van der Waals surface area (Å²) < 4.78 is 5.22. The molecule has 0 saturated heterocycles. The predicted octanol–water partition coefficient (Wildman–Crippen LogP) is 4.95. The van der Waals surface area contributed by atoms with Gasteiger partial charge < -0.3 is 10.1 Å². The number of hydrogen-bond donors (Lipinski definition) is 1. The summed E-state index contributed by atoms with van der Waals surface area (Å²) in [5.74, 6) is 0.911. The SMILES string of the molecule is CCC(NC(CC)c1cccs1)c1ccc(OC)cc1. The average molecular weight is 289 g/mol. The second-order valence-electron chi connectivity index (χ2n) is 4.88. The monoisotopic (exact) mass is 289 g/mol. The van der Waals surface area contributed by atoms with E-state index in [9.17, 15) is 0 Å². The Bertz CT molecular complexity index is 492. The molecule has 2 atom stereocenters. The van der Waals surface area contributed by atoms with Gasteiger partial charge in [-0.05, 0) is 42.0 Å². The van der Waals surface area contributed by atoms with Gasteiger partial charge in [0.2, 0.25) is 0 Å². The van der Waals surface area contributed by atoms with Gasteiger partial charge in [-0.15, -0.1) is 11.3 Å². The van der Waals surface area contributed by atoms with E-state index >= 15 is 0 Å². The van der Waals surface area contributed by atoms with E-state index in [0.717, 1.165) is 18.6 Å². The number of thiophene rings is 1. The van der Waals surface area contributed by atoms with Crippen molar-refractivity contribution in [1.82, 2.24) is 5.32 Å². The molecule has 0 spiro atoms. The number of benzene rings is 1. The second-order valence-corrected chi connectivity index (χ2v) is 5.86. The van der Waals surface area contributed by atoms with Crippen LogP contribution in [0.5, 0.6) is 5.75 Å². The van der Waals surface area contributed by atoms with Crippen LogP contribution in [0, 0.1) is 0 Å². The molecule has 2 unspecified atom stereocenters. The lowest BCUT2D eigenvalue weighted by molar-refractivity contribution is 0.412. The molecule has 3 heteroatoms. The molecule has 0 saturated carbocycles. The Hall–Kier alpha value is -1.32. The molecule has 1 N–H and O–H groups in total. The van der Waals surface area contributed by atoms with E-state index in [-0.39, 0.29) is 0 Å². The number of methoxy groups -OCH3 is 1. The van der Waals surface area contributed by atoms with Crippen molar-refractivity contribution in [2.75, 3.05) is 7.11 Å². The highest BCUT2D eigenvalue weighted by molar-refractivity contribution is 7.10. The molecule has 0 fully saturated rings. The Morgan fingerprint density at radius 2 is 1.75 bits per heavy atom. The first-order valence-electron chi connectivity index (χ1n) is 7.21. The molecule has 0 aliphatic carbocycles. The van der Waals surface area contributed by atoms with Crippen molar-refractivity contribution >= 4 is 11.3 Å². The highest BCUT2D eigenvalue weighted by Gasteiger charge is 2.16. The van der Waals surface area contributed by atoms with Crippen LogP contribution < -0.4 is 10.1 Å². The second kappa shape index (κ2) is 7.46. The summed E-state index contributed by atoms with van der Waals surface area (Å²) in [6.45, 7) is 4.46. The standard InChI is InChI=1S/C17H23NOS/c1-4-15(13-8-10-14(19-3)11-9-13)18-16(5-2)17-7-6-12-20-17/h6-12,15-16,18H,4-5H2,1-3H3. The van der Waals surface area contributed by atoms with Crippen molar-refractivity contribution in [3.8, 4) is 5.75 Å². The first-order chi connectivity index (χ1) is 9.78. The van der Waals surface area contributed by atoms with Crippen LogP contribution in [0.3, 0.4) is 0 Å². The van der Waals surface area contributed by atoms with Crippen LogP contribution >= 0.6 is 11.3 Å². The Balaban J connectivity index is 2.10. The highest BCUT2D eigenvalue weighted by atomic mass is 32.1. The van der Waals surface area contributed by atoms with Gasteiger partial charge in [-0.2, -0.15) is 0 Å². The summed E-state index contributed by atoms with van der Waals surface area (Å²) in [5.41, 5.74) is 1.32. The minimum atomic E-state index is 0.382. The van der Waals surface area contributed by atoms with Gasteiger partial charge in [-0.1, -0.05) is 32.0 Å². The molecule has 2 rings (SSSR count). The van der Waals surface area contributed by atoms with Gasteiger partial charge in [0.25, 0.3) is 0 Å². The fourth-order valence-corrected chi connectivity index (χ4v) is 3.29. The molecule has 2 nitrogen and oxygen atoms in total. The Morgan fingerprint density at radius 3 is 2.25 bits per heavy atom. The van der Waals surface area contributed by atoms with Gasteiger partial charge in [0.1, 0.15) is 5.75 Å². The van der Waals surface area contributed by atoms with Crippen molar-refractivity contribution in [3.05, 3.63) is 52.2 Å². The van der Waals surface area contributed by atoms with Gasteiger partial charge in [0.05, 0.1) is 7.11 Å². The topological polar surface area (TPSA) is 21.3 Å². The Morgan fingerprint density at radius 1 is 1.05 bits per heavy atom. The zero-order chi connectivity index (χ0) is 14.4. The summed E-state index contributed by atoms with van der Waals surface area (Å²) in [7, 11) is 1.70. The number of nitrogens with one attached hydrogen (secondary N) is 1. The van der Waals surface area contributed by atoms with Crippen LogP contribution in [0.25, 0.3) is 0 Å². The van der Waals surface area contributed by atoms with E-state index < -0.39 is 0 Å². The summed E-state index contributed by atoms with van der Waals surface area (Å²) in [6.07, 6.45) is 2.18. The summed E-state index contributed by atoms with van der Waals surface area (Å²) in [4.78, 5) is 1.42. The maximum atomic E-state index is 5.22. The maximum Gasteiger partial charge on any atom is 0.118 e. The van der Waals surface area contributed by atoms with Crippen molar-refractivity contribution in [1.29, 1.82) is 0 Å². The average Bonchev–Trinajstić information content (AvgIpc) is 3.03. The Labute approximate surface area is 125 Å². The van der Waals surface area contributed by atoms with Crippen molar-refractivity contribution in [2.45, 2.75) is 38.8 Å². The molecule has 2 aromatic rings. The molecule has 0 aliphatic heterocycles. The highest BCUT2D eigenvalue weighted by Crippen LogP contribution is 2.27. The quantitative estimate of drug-likeness (QED) is 0.778. The van der Waals surface area contributed by atoms with E-state index in [1.54, 1.807) is 7.11 Å². The molecule has 0 aliphatic rings. The molecule has 0 bridgehead atoms. The molecular weight excluding hydrogens is 266 g/mol. The number of hydrogen-bond acceptors (Lipinski definition) is 3. The van der Waals surface area contributed by atoms with E-state index in [1.807, 2.05) is 23.5 Å². The largest absolute Gasteiger partial charge is 0.497 e. The third-order valence-electron chi connectivity index (χ3n) is 3.62. The molecule has 20 heavy (non-hydrogen) atoms. The number of rotatable bonds is 7. The molecule has 1 aromatic carbocycles. The molecule has 0 amide bonds. The van der Waals surface area contributed by atoms with Crippen LogP contribution in [0.15, 0.2) is 41.8 Å². The lowest BCUT2D eigenvalue weighted by Crippen LogP contribution is -2.25. The third kappa shape index (κ3) is 3.62. The van der Waals surface area contributed by atoms with E-state index in [0.29, 0.717) is 12.1 Å². The van der Waals surface area contributed by atoms with Gasteiger partial charge in [0.15, 0.2) is 0 Å². The number of ether oxygens (including phenoxy) is 1. The minimum Gasteiger partial charge on any atom is -0.497 e. The van der Waals surface area contributed by atoms with Gasteiger partial charge in [-0.3, -0.25) is 0 Å². The van der Waals surface area contributed by atoms with Gasteiger partial charge in [-0.25, -0.2) is 0 Å². The molecular formula is C17H23NOS. The Kier molecular flexibility index (Phi) is 5.62. The molecule has 1 heterocycles. The lowest BCUT2D eigenvalue weighted by Gasteiger charge is -2.24. The first-order valence-corrected chi connectivity index (χ1v) is 8.09. The van der Waals surface area contributed by atoms with Gasteiger partial charge >= 0.3 is 0 Å². The first kappa shape index (κ1) is 15.1. The summed E-state index contributed by atoms with van der Waals surface area (Å²) >= 11 is 1.83. The molecule has 0 radical (unpaired) electrons. The fraction of sp³-hybridized carbons (Fsp3) is 0.412. The van der Waals surface area contributed by atoms with Crippen LogP contribution in [-0.4, -0.2) is 7.11 Å². The van der Waals surface area contributed by atoms with Crippen LogP contribution in [0.1, 0.15) is 49.2 Å². The van der Waals surface area contributed by atoms with Crippen molar-refractivity contribution in [3.63, 3.8) is 0 Å². The van der Waals surface area contributed by atoms with Crippen molar-refractivity contribution < 1.29 is 4.74 Å². The van der Waals surface area contributed by atoms with E-state index in [1.165, 1.54) is 10.4 Å². The van der Waals surface area contributed by atoms with Crippen LogP contribution in [0.4, 0.5) is 0 Å². The smallest absolute Gasteiger partial charge is 0.118 e. The maximum absolute atomic E-state index is 5.22. The summed E-state index contributed by atoms with van der Waals surface area (Å²) in [6, 6.07) is 13.5. The molecule has 1 aromatic heterocycles. The van der Waals surface area contributed by atoms with E-state index in [4.69, 9.17) is 4.74 Å². The normalized spacial score (nSPS) is 13.9. The zero-order valence-corrected chi connectivity index (χ0v) is 13.2. The van der Waals surface area contributed by atoms with Crippen LogP contribution in [-0.2, 0) is 0 Å². The lowest BCUT2D eigenvalue weighted by atomic mass is 10.0.